The Balaban J connectivity index is 2.28. The van der Waals surface area contributed by atoms with Crippen LogP contribution in [0.4, 0.5) is 11.5 Å². The lowest BCUT2D eigenvalue weighted by molar-refractivity contribution is -0.385. The largest absolute Gasteiger partial charge is 0.352 e. The first-order valence-electron chi connectivity index (χ1n) is 5.72. The molecule has 0 spiro atoms. The van der Waals surface area contributed by atoms with E-state index in [9.17, 15) is 10.1 Å². The summed E-state index contributed by atoms with van der Waals surface area (Å²) in [6.07, 6.45) is 2.16. The van der Waals surface area contributed by atoms with E-state index in [0.717, 1.165) is 25.2 Å². The lowest BCUT2D eigenvalue weighted by atomic mass is 10.2. The summed E-state index contributed by atoms with van der Waals surface area (Å²) in [6.45, 7) is 3.18. The Morgan fingerprint density at radius 2 is 2.41 bits per heavy atom. The fraction of sp³-hybridized carbons (Fsp3) is 0.545. The average Bonchev–Trinajstić information content (AvgIpc) is 2.76. The molecule has 6 heteroatoms. The second-order valence-corrected chi connectivity index (χ2v) is 4.26. The van der Waals surface area contributed by atoms with E-state index in [0.29, 0.717) is 18.3 Å². The number of nitro groups is 1. The molecular weight excluding hydrogens is 220 g/mol. The van der Waals surface area contributed by atoms with Crippen LogP contribution in [0.25, 0.3) is 0 Å². The molecule has 1 aliphatic rings. The molecule has 0 radical (unpaired) electrons. The summed E-state index contributed by atoms with van der Waals surface area (Å²) in [5, 5.41) is 10.7. The zero-order valence-electron chi connectivity index (χ0n) is 9.80. The molecule has 2 N–H and O–H groups in total. The van der Waals surface area contributed by atoms with Gasteiger partial charge in [-0.25, -0.2) is 4.98 Å². The predicted octanol–water partition coefficient (Wildman–Crippen LogP) is 1.23. The van der Waals surface area contributed by atoms with Crippen LogP contribution < -0.4 is 10.6 Å². The Morgan fingerprint density at radius 1 is 1.65 bits per heavy atom. The smallest absolute Gasteiger partial charge is 0.290 e. The monoisotopic (exact) mass is 236 g/mol. The molecule has 2 rings (SSSR count). The lowest BCUT2D eigenvalue weighted by Crippen LogP contribution is -2.35. The van der Waals surface area contributed by atoms with E-state index < -0.39 is 4.92 Å². The van der Waals surface area contributed by atoms with Crippen LogP contribution in [0.1, 0.15) is 18.5 Å². The van der Waals surface area contributed by atoms with Gasteiger partial charge in [0.25, 0.3) is 5.69 Å². The van der Waals surface area contributed by atoms with Crippen molar-refractivity contribution in [1.82, 2.24) is 4.98 Å². The van der Waals surface area contributed by atoms with Crippen molar-refractivity contribution in [2.24, 2.45) is 5.73 Å². The van der Waals surface area contributed by atoms with E-state index in [2.05, 4.69) is 9.88 Å². The zero-order valence-corrected chi connectivity index (χ0v) is 9.80. The van der Waals surface area contributed by atoms with Gasteiger partial charge in [-0.2, -0.15) is 0 Å². The Hall–Kier alpha value is -1.69. The molecule has 1 aromatic rings. The van der Waals surface area contributed by atoms with Gasteiger partial charge in [-0.05, 0) is 25.8 Å². The van der Waals surface area contributed by atoms with Crippen LogP contribution >= 0.6 is 0 Å². The van der Waals surface area contributed by atoms with Gasteiger partial charge in [-0.1, -0.05) is 0 Å². The topological polar surface area (TPSA) is 85.3 Å². The Kier molecular flexibility index (Phi) is 3.23. The second kappa shape index (κ2) is 4.67. The number of anilines is 1. The molecule has 0 aliphatic carbocycles. The molecule has 1 aliphatic heterocycles. The van der Waals surface area contributed by atoms with Gasteiger partial charge in [0.1, 0.15) is 11.5 Å². The standard InChI is InChI=1S/C11H16N4O2/c1-8-10(15(16)17)4-5-11(13-8)14-6-2-3-9(14)7-12/h4-5,9H,2-3,6-7,12H2,1H3. The van der Waals surface area contributed by atoms with Crippen LogP contribution in [0.15, 0.2) is 12.1 Å². The summed E-state index contributed by atoms with van der Waals surface area (Å²) in [5.41, 5.74) is 6.22. The van der Waals surface area contributed by atoms with Crippen LogP contribution in [0.2, 0.25) is 0 Å². The summed E-state index contributed by atoms with van der Waals surface area (Å²) in [7, 11) is 0. The van der Waals surface area contributed by atoms with Crippen LogP contribution in [0.5, 0.6) is 0 Å². The van der Waals surface area contributed by atoms with Crippen molar-refractivity contribution >= 4 is 11.5 Å². The number of aryl methyl sites for hydroxylation is 1. The van der Waals surface area contributed by atoms with Gasteiger partial charge in [-0.3, -0.25) is 10.1 Å². The molecule has 6 nitrogen and oxygen atoms in total. The SMILES string of the molecule is Cc1nc(N2CCCC2CN)ccc1[N+](=O)[O-]. The van der Waals surface area contributed by atoms with Crippen molar-refractivity contribution in [3.8, 4) is 0 Å². The maximum atomic E-state index is 10.7. The molecule has 92 valence electrons. The maximum Gasteiger partial charge on any atom is 0.290 e. The molecule has 1 aromatic heterocycles. The van der Waals surface area contributed by atoms with Crippen molar-refractivity contribution < 1.29 is 4.92 Å². The summed E-state index contributed by atoms with van der Waals surface area (Å²) >= 11 is 0. The van der Waals surface area contributed by atoms with Gasteiger partial charge >= 0.3 is 0 Å². The van der Waals surface area contributed by atoms with E-state index in [4.69, 9.17) is 5.73 Å². The number of hydrogen-bond acceptors (Lipinski definition) is 5. The number of hydrogen-bond donors (Lipinski definition) is 1. The summed E-state index contributed by atoms with van der Waals surface area (Å²) < 4.78 is 0. The summed E-state index contributed by atoms with van der Waals surface area (Å²) in [4.78, 5) is 16.7. The molecule has 0 bridgehead atoms. The molecule has 0 saturated carbocycles. The Morgan fingerprint density at radius 3 is 3.00 bits per heavy atom. The highest BCUT2D eigenvalue weighted by molar-refractivity contribution is 5.48. The van der Waals surface area contributed by atoms with Crippen molar-refractivity contribution in [2.45, 2.75) is 25.8 Å². The van der Waals surface area contributed by atoms with Gasteiger partial charge in [0.15, 0.2) is 0 Å². The summed E-state index contributed by atoms with van der Waals surface area (Å²) in [6, 6.07) is 3.53. The minimum atomic E-state index is -0.406. The highest BCUT2D eigenvalue weighted by Gasteiger charge is 2.25. The number of pyridine rings is 1. The normalized spacial score (nSPS) is 19.6. The number of aromatic nitrogens is 1. The predicted molar refractivity (Wildman–Crippen MR) is 65.1 cm³/mol. The molecule has 1 unspecified atom stereocenters. The molecule has 0 aromatic carbocycles. The van der Waals surface area contributed by atoms with Gasteiger partial charge < -0.3 is 10.6 Å². The van der Waals surface area contributed by atoms with E-state index in [1.807, 2.05) is 0 Å². The highest BCUT2D eigenvalue weighted by atomic mass is 16.6. The van der Waals surface area contributed by atoms with Crippen molar-refractivity contribution in [3.05, 3.63) is 27.9 Å². The van der Waals surface area contributed by atoms with Gasteiger partial charge in [0, 0.05) is 25.2 Å². The third-order valence-electron chi connectivity index (χ3n) is 3.18. The highest BCUT2D eigenvalue weighted by Crippen LogP contribution is 2.26. The van der Waals surface area contributed by atoms with Crippen LogP contribution in [-0.4, -0.2) is 29.0 Å². The first-order chi connectivity index (χ1) is 8.13. The lowest BCUT2D eigenvalue weighted by Gasteiger charge is -2.24. The Labute approximate surface area is 99.6 Å². The molecule has 1 saturated heterocycles. The number of nitrogens with two attached hydrogens (primary N) is 1. The first-order valence-corrected chi connectivity index (χ1v) is 5.72. The van der Waals surface area contributed by atoms with Crippen molar-refractivity contribution in [2.75, 3.05) is 18.0 Å². The Bertz CT molecular complexity index is 435. The maximum absolute atomic E-state index is 10.7. The average molecular weight is 236 g/mol. The second-order valence-electron chi connectivity index (χ2n) is 4.26. The van der Waals surface area contributed by atoms with Gasteiger partial charge in [0.05, 0.1) is 4.92 Å². The third kappa shape index (κ3) is 2.21. The minimum absolute atomic E-state index is 0.0669. The third-order valence-corrected chi connectivity index (χ3v) is 3.18. The van der Waals surface area contributed by atoms with E-state index in [-0.39, 0.29) is 5.69 Å². The van der Waals surface area contributed by atoms with Crippen LogP contribution in [-0.2, 0) is 0 Å². The molecule has 1 atom stereocenters. The van der Waals surface area contributed by atoms with Crippen LogP contribution in [0.3, 0.4) is 0 Å². The first kappa shape index (κ1) is 11.8. The van der Waals surface area contributed by atoms with Crippen LogP contribution in [0, 0.1) is 17.0 Å². The fourth-order valence-corrected chi connectivity index (χ4v) is 2.28. The molecular formula is C11H16N4O2. The minimum Gasteiger partial charge on any atom is -0.352 e. The van der Waals surface area contributed by atoms with Gasteiger partial charge in [0.2, 0.25) is 0 Å². The zero-order chi connectivity index (χ0) is 12.4. The fourth-order valence-electron chi connectivity index (χ4n) is 2.28. The number of nitrogens with zero attached hydrogens (tertiary/aromatic N) is 3. The van der Waals surface area contributed by atoms with Crippen molar-refractivity contribution in [1.29, 1.82) is 0 Å². The molecule has 2 heterocycles. The van der Waals surface area contributed by atoms with E-state index >= 15 is 0 Å². The van der Waals surface area contributed by atoms with E-state index in [1.165, 1.54) is 6.07 Å². The van der Waals surface area contributed by atoms with E-state index in [1.54, 1.807) is 13.0 Å². The summed E-state index contributed by atoms with van der Waals surface area (Å²) in [5.74, 6) is 0.793. The quantitative estimate of drug-likeness (QED) is 0.630. The van der Waals surface area contributed by atoms with Gasteiger partial charge in [-0.15, -0.1) is 0 Å². The van der Waals surface area contributed by atoms with Crippen molar-refractivity contribution in [3.63, 3.8) is 0 Å². The molecule has 1 fully saturated rings. The number of rotatable bonds is 3. The molecule has 0 amide bonds. The molecule has 17 heavy (non-hydrogen) atoms.